The van der Waals surface area contributed by atoms with Crippen LogP contribution in [0.4, 0.5) is 13.2 Å². The molecular weight excluding hydrogens is 347 g/mol. The highest BCUT2D eigenvalue weighted by Crippen LogP contribution is 2.18. The molecule has 1 aliphatic heterocycles. The number of carbonyl (C=O) groups is 2. The van der Waals surface area contributed by atoms with Gasteiger partial charge in [-0.3, -0.25) is 14.6 Å². The molecule has 26 heavy (non-hydrogen) atoms. The summed E-state index contributed by atoms with van der Waals surface area (Å²) in [7, 11) is 0. The van der Waals surface area contributed by atoms with Crippen LogP contribution in [0, 0.1) is 17.5 Å². The molecule has 1 aliphatic rings. The van der Waals surface area contributed by atoms with Gasteiger partial charge in [0.15, 0.2) is 17.5 Å². The van der Waals surface area contributed by atoms with Crippen LogP contribution in [0.3, 0.4) is 0 Å². The van der Waals surface area contributed by atoms with Crippen LogP contribution in [0.1, 0.15) is 27.1 Å². The summed E-state index contributed by atoms with van der Waals surface area (Å²) < 4.78 is 40.3. The van der Waals surface area contributed by atoms with Crippen LogP contribution in [0.25, 0.3) is 0 Å². The SMILES string of the molecule is O=C(c1cccnc1)N1CCCN(C(=O)c2ccc(F)c(F)c2F)CC1. The molecule has 1 aromatic carbocycles. The third kappa shape index (κ3) is 3.54. The van der Waals surface area contributed by atoms with Gasteiger partial charge in [0.05, 0.1) is 11.1 Å². The average Bonchev–Trinajstić information content (AvgIpc) is 2.92. The standard InChI is InChI=1S/C18H16F3N3O2/c19-14-5-4-13(15(20)16(14)21)18(26)24-8-2-7-23(9-10-24)17(25)12-3-1-6-22-11-12/h1,3-6,11H,2,7-10H2. The summed E-state index contributed by atoms with van der Waals surface area (Å²) in [5.74, 6) is -5.44. The molecule has 0 N–H and O–H groups in total. The lowest BCUT2D eigenvalue weighted by Crippen LogP contribution is -2.37. The second kappa shape index (κ2) is 7.55. The van der Waals surface area contributed by atoms with Gasteiger partial charge in [-0.2, -0.15) is 0 Å². The summed E-state index contributed by atoms with van der Waals surface area (Å²) in [5.41, 5.74) is -0.0742. The number of hydrogen-bond donors (Lipinski definition) is 0. The molecular formula is C18H16F3N3O2. The average molecular weight is 363 g/mol. The van der Waals surface area contributed by atoms with Gasteiger partial charge in [0.25, 0.3) is 11.8 Å². The largest absolute Gasteiger partial charge is 0.337 e. The minimum atomic E-state index is -1.67. The Kier molecular flexibility index (Phi) is 5.20. The van der Waals surface area contributed by atoms with Gasteiger partial charge in [0.2, 0.25) is 0 Å². The molecule has 1 saturated heterocycles. The van der Waals surface area contributed by atoms with Gasteiger partial charge in [-0.15, -0.1) is 0 Å². The van der Waals surface area contributed by atoms with E-state index in [1.165, 1.54) is 11.1 Å². The molecule has 5 nitrogen and oxygen atoms in total. The van der Waals surface area contributed by atoms with Crippen LogP contribution >= 0.6 is 0 Å². The monoisotopic (exact) mass is 363 g/mol. The molecule has 0 atom stereocenters. The Balaban J connectivity index is 1.72. The Labute approximate surface area is 148 Å². The summed E-state index contributed by atoms with van der Waals surface area (Å²) in [6.45, 7) is 1.14. The van der Waals surface area contributed by atoms with Crippen molar-refractivity contribution in [2.24, 2.45) is 0 Å². The molecule has 0 bridgehead atoms. The maximum atomic E-state index is 13.9. The zero-order chi connectivity index (χ0) is 18.7. The van der Waals surface area contributed by atoms with Crippen molar-refractivity contribution >= 4 is 11.8 Å². The number of rotatable bonds is 2. The van der Waals surface area contributed by atoms with Gasteiger partial charge in [0, 0.05) is 38.6 Å². The summed E-state index contributed by atoms with van der Waals surface area (Å²) in [6, 6.07) is 4.97. The number of hydrogen-bond acceptors (Lipinski definition) is 3. The van der Waals surface area contributed by atoms with Gasteiger partial charge in [-0.05, 0) is 30.7 Å². The van der Waals surface area contributed by atoms with Crippen LogP contribution in [-0.4, -0.2) is 52.8 Å². The second-order valence-electron chi connectivity index (χ2n) is 5.90. The first-order chi connectivity index (χ1) is 12.5. The number of halogens is 3. The van der Waals surface area contributed by atoms with Crippen molar-refractivity contribution in [3.63, 3.8) is 0 Å². The van der Waals surface area contributed by atoms with E-state index in [9.17, 15) is 22.8 Å². The van der Waals surface area contributed by atoms with Crippen molar-refractivity contribution in [2.75, 3.05) is 26.2 Å². The number of aromatic nitrogens is 1. The smallest absolute Gasteiger partial charge is 0.257 e. The van der Waals surface area contributed by atoms with E-state index >= 15 is 0 Å². The first-order valence-corrected chi connectivity index (χ1v) is 8.11. The second-order valence-corrected chi connectivity index (χ2v) is 5.90. The van der Waals surface area contributed by atoms with E-state index in [0.29, 0.717) is 18.5 Å². The lowest BCUT2D eigenvalue weighted by Gasteiger charge is -2.22. The maximum absolute atomic E-state index is 13.9. The third-order valence-corrected chi connectivity index (χ3v) is 4.24. The van der Waals surface area contributed by atoms with Crippen LogP contribution in [-0.2, 0) is 0 Å². The van der Waals surface area contributed by atoms with Gasteiger partial charge in [0.1, 0.15) is 0 Å². The summed E-state index contributed by atoms with van der Waals surface area (Å²) >= 11 is 0. The minimum absolute atomic E-state index is 0.170. The van der Waals surface area contributed by atoms with Crippen LogP contribution in [0.2, 0.25) is 0 Å². The van der Waals surface area contributed by atoms with E-state index in [2.05, 4.69) is 4.98 Å². The fourth-order valence-corrected chi connectivity index (χ4v) is 2.86. The van der Waals surface area contributed by atoms with Crippen molar-refractivity contribution in [2.45, 2.75) is 6.42 Å². The van der Waals surface area contributed by atoms with E-state index in [0.717, 1.165) is 12.1 Å². The Hall–Kier alpha value is -2.90. The van der Waals surface area contributed by atoms with E-state index in [-0.39, 0.29) is 25.5 Å². The molecule has 3 rings (SSSR count). The molecule has 0 aliphatic carbocycles. The molecule has 2 aromatic rings. The molecule has 8 heteroatoms. The Morgan fingerprint density at radius 2 is 1.58 bits per heavy atom. The van der Waals surface area contributed by atoms with E-state index in [4.69, 9.17) is 0 Å². The number of carbonyl (C=O) groups excluding carboxylic acids is 2. The number of benzene rings is 1. The summed E-state index contributed by atoms with van der Waals surface area (Å²) in [6.07, 6.45) is 3.52. The highest BCUT2D eigenvalue weighted by molar-refractivity contribution is 5.95. The molecule has 2 amide bonds. The Morgan fingerprint density at radius 1 is 0.885 bits per heavy atom. The molecule has 0 radical (unpaired) electrons. The number of amides is 2. The van der Waals surface area contributed by atoms with E-state index < -0.39 is 28.9 Å². The summed E-state index contributed by atoms with van der Waals surface area (Å²) in [4.78, 5) is 31.8. The summed E-state index contributed by atoms with van der Waals surface area (Å²) in [5, 5.41) is 0. The lowest BCUT2D eigenvalue weighted by atomic mass is 10.1. The maximum Gasteiger partial charge on any atom is 0.257 e. The fraction of sp³-hybridized carbons (Fsp3) is 0.278. The van der Waals surface area contributed by atoms with Crippen molar-refractivity contribution in [3.05, 3.63) is 65.2 Å². The van der Waals surface area contributed by atoms with Crippen molar-refractivity contribution in [3.8, 4) is 0 Å². The first-order valence-electron chi connectivity index (χ1n) is 8.11. The predicted molar refractivity (Wildman–Crippen MR) is 87.0 cm³/mol. The zero-order valence-electron chi connectivity index (χ0n) is 13.8. The van der Waals surface area contributed by atoms with Gasteiger partial charge in [-0.1, -0.05) is 0 Å². The van der Waals surface area contributed by atoms with Crippen LogP contribution < -0.4 is 0 Å². The van der Waals surface area contributed by atoms with Gasteiger partial charge >= 0.3 is 0 Å². The van der Waals surface area contributed by atoms with Crippen molar-refractivity contribution < 1.29 is 22.8 Å². The molecule has 2 heterocycles. The normalized spacial score (nSPS) is 14.9. The van der Waals surface area contributed by atoms with Crippen molar-refractivity contribution in [1.82, 2.24) is 14.8 Å². The van der Waals surface area contributed by atoms with Gasteiger partial charge in [-0.25, -0.2) is 13.2 Å². The molecule has 0 saturated carbocycles. The minimum Gasteiger partial charge on any atom is -0.337 e. The van der Waals surface area contributed by atoms with Crippen LogP contribution in [0.15, 0.2) is 36.7 Å². The topological polar surface area (TPSA) is 53.5 Å². The number of pyridine rings is 1. The Bertz CT molecular complexity index is 830. The third-order valence-electron chi connectivity index (χ3n) is 4.24. The number of nitrogens with zero attached hydrogens (tertiary/aromatic N) is 3. The molecule has 0 unspecified atom stereocenters. The lowest BCUT2D eigenvalue weighted by molar-refractivity contribution is 0.0715. The van der Waals surface area contributed by atoms with Crippen LogP contribution in [0.5, 0.6) is 0 Å². The zero-order valence-corrected chi connectivity index (χ0v) is 13.8. The molecule has 0 spiro atoms. The van der Waals surface area contributed by atoms with E-state index in [1.807, 2.05) is 0 Å². The fourth-order valence-electron chi connectivity index (χ4n) is 2.86. The molecule has 1 aromatic heterocycles. The highest BCUT2D eigenvalue weighted by atomic mass is 19.2. The van der Waals surface area contributed by atoms with Crippen molar-refractivity contribution in [1.29, 1.82) is 0 Å². The molecule has 136 valence electrons. The quantitative estimate of drug-likeness (QED) is 0.771. The first kappa shape index (κ1) is 17.9. The highest BCUT2D eigenvalue weighted by Gasteiger charge is 2.26. The Morgan fingerprint density at radius 3 is 2.23 bits per heavy atom. The molecule has 1 fully saturated rings. The predicted octanol–water partition coefficient (Wildman–Crippen LogP) is 2.49. The van der Waals surface area contributed by atoms with E-state index in [1.54, 1.807) is 23.2 Å². The van der Waals surface area contributed by atoms with Gasteiger partial charge < -0.3 is 9.80 Å².